The van der Waals surface area contributed by atoms with Crippen molar-refractivity contribution in [2.75, 3.05) is 26.2 Å². The molecular weight excluding hydrogens is 952 g/mol. The number of benzene rings is 8. The van der Waals surface area contributed by atoms with E-state index in [0.717, 1.165) is 43.8 Å². The molecule has 0 bridgehead atoms. The standard InChI is InChI=1S/2C32H31N3O2.ClH/c2*36-30(28-16-15-26-13-7-8-14-27(26)22-28)34-19-17-32(18-20-34)33-29(21-24-9-3-1-4-10-24)31(37)35(32)23-25-11-5-2-6-12-25;/h2*1-16,22,29,33H,17-21,23H2;1H/t2*29-;/m00./s1. The highest BCUT2D eigenvalue weighted by molar-refractivity contribution is 6.00. The van der Waals surface area contributed by atoms with Gasteiger partial charge in [0.05, 0.1) is 23.4 Å². The Bertz CT molecular complexity index is 3050. The summed E-state index contributed by atoms with van der Waals surface area (Å²) < 4.78 is 0. The van der Waals surface area contributed by atoms with Crippen LogP contribution >= 0.6 is 12.4 Å². The fourth-order valence-corrected chi connectivity index (χ4v) is 11.7. The molecule has 4 aliphatic rings. The van der Waals surface area contributed by atoms with E-state index in [1.807, 2.05) is 165 Å². The van der Waals surface area contributed by atoms with Crippen molar-refractivity contribution in [2.45, 2.75) is 75.0 Å². The van der Waals surface area contributed by atoms with Crippen LogP contribution in [0, 0.1) is 0 Å². The fraction of sp³-hybridized carbons (Fsp3) is 0.250. The Kier molecular flexibility index (Phi) is 15.2. The third-order valence-electron chi connectivity index (χ3n) is 15.7. The number of fused-ring (bicyclic) bond motifs is 2. The lowest BCUT2D eigenvalue weighted by atomic mass is 9.94. The molecule has 4 heterocycles. The van der Waals surface area contributed by atoms with Crippen LogP contribution in [0.25, 0.3) is 21.5 Å². The number of nitrogens with zero attached hydrogens (tertiary/aromatic N) is 4. The second-order valence-electron chi connectivity index (χ2n) is 20.4. The molecule has 0 saturated carbocycles. The molecule has 4 fully saturated rings. The molecule has 75 heavy (non-hydrogen) atoms. The molecule has 380 valence electrons. The number of rotatable bonds is 10. The van der Waals surface area contributed by atoms with Crippen molar-refractivity contribution in [2.24, 2.45) is 0 Å². The number of carbonyl (C=O) groups is 4. The van der Waals surface area contributed by atoms with Crippen molar-refractivity contribution >= 4 is 57.6 Å². The largest absolute Gasteiger partial charge is 0.338 e. The Morgan fingerprint density at radius 3 is 1.05 bits per heavy atom. The predicted octanol–water partition coefficient (Wildman–Crippen LogP) is 10.5. The fourth-order valence-electron chi connectivity index (χ4n) is 11.7. The average Bonchev–Trinajstić information content (AvgIpc) is 3.85. The first kappa shape index (κ1) is 50.9. The van der Waals surface area contributed by atoms with E-state index in [-0.39, 0.29) is 48.1 Å². The van der Waals surface area contributed by atoms with Crippen molar-refractivity contribution in [3.63, 3.8) is 0 Å². The van der Waals surface area contributed by atoms with Gasteiger partial charge in [-0.2, -0.15) is 0 Å². The van der Waals surface area contributed by atoms with E-state index in [1.165, 1.54) is 0 Å². The van der Waals surface area contributed by atoms with Gasteiger partial charge in [0.25, 0.3) is 11.8 Å². The summed E-state index contributed by atoms with van der Waals surface area (Å²) in [5.41, 5.74) is 5.06. The number of likely N-dealkylation sites (tertiary alicyclic amines) is 2. The minimum Gasteiger partial charge on any atom is -0.338 e. The number of nitrogens with one attached hydrogen (secondary N) is 2. The van der Waals surface area contributed by atoms with Crippen molar-refractivity contribution < 1.29 is 19.2 Å². The van der Waals surface area contributed by atoms with Gasteiger partial charge in [-0.15, -0.1) is 12.4 Å². The van der Waals surface area contributed by atoms with Crippen LogP contribution in [-0.4, -0.2) is 92.8 Å². The van der Waals surface area contributed by atoms with Gasteiger partial charge < -0.3 is 19.6 Å². The normalized spacial score (nSPS) is 18.8. The maximum Gasteiger partial charge on any atom is 0.253 e. The smallest absolute Gasteiger partial charge is 0.253 e. The summed E-state index contributed by atoms with van der Waals surface area (Å²) in [6, 6.07) is 68.2. The number of amides is 4. The summed E-state index contributed by atoms with van der Waals surface area (Å²) >= 11 is 0. The molecule has 12 rings (SSSR count). The quantitative estimate of drug-likeness (QED) is 0.141. The highest BCUT2D eigenvalue weighted by Gasteiger charge is 2.53. The maximum absolute atomic E-state index is 13.7. The third-order valence-corrected chi connectivity index (χ3v) is 15.7. The molecule has 8 aromatic rings. The molecule has 0 radical (unpaired) electrons. The first-order chi connectivity index (χ1) is 36.2. The molecule has 2 atom stereocenters. The topological polar surface area (TPSA) is 105 Å². The summed E-state index contributed by atoms with van der Waals surface area (Å²) in [5, 5.41) is 11.9. The molecule has 11 heteroatoms. The lowest BCUT2D eigenvalue weighted by molar-refractivity contribution is -0.135. The number of carbonyl (C=O) groups excluding carboxylic acids is 4. The van der Waals surface area contributed by atoms with Crippen molar-refractivity contribution in [3.05, 3.63) is 240 Å². The van der Waals surface area contributed by atoms with Gasteiger partial charge in [0, 0.05) is 76.1 Å². The zero-order chi connectivity index (χ0) is 50.5. The SMILES string of the molecule is Cl.O=C(c1ccc2ccccc2c1)N1CCC2(CC1)N[C@@H](Cc1ccccc1)C(=O)N2Cc1ccccc1.O=C(c1ccc2ccccc2c1)N1CCC2(CC1)N[C@@H](Cc1ccccc1)C(=O)N2Cc1ccccc1. The van der Waals surface area contributed by atoms with E-state index in [2.05, 4.69) is 71.3 Å². The Labute approximate surface area is 445 Å². The van der Waals surface area contributed by atoms with E-state index in [4.69, 9.17) is 0 Å². The van der Waals surface area contributed by atoms with Gasteiger partial charge in [-0.05, 0) is 80.9 Å². The Morgan fingerprint density at radius 2 is 0.707 bits per heavy atom. The van der Waals surface area contributed by atoms with Gasteiger partial charge in [0.15, 0.2) is 0 Å². The van der Waals surface area contributed by atoms with Gasteiger partial charge >= 0.3 is 0 Å². The number of hydrogen-bond donors (Lipinski definition) is 2. The van der Waals surface area contributed by atoms with Crippen LogP contribution in [0.4, 0.5) is 0 Å². The monoisotopic (exact) mass is 1010 g/mol. The molecule has 8 aromatic carbocycles. The van der Waals surface area contributed by atoms with E-state index in [9.17, 15) is 19.2 Å². The first-order valence-corrected chi connectivity index (χ1v) is 26.1. The van der Waals surface area contributed by atoms with Crippen LogP contribution in [0.1, 0.15) is 68.7 Å². The Hall–Kier alpha value is -7.63. The van der Waals surface area contributed by atoms with Crippen LogP contribution in [0.15, 0.2) is 206 Å². The summed E-state index contributed by atoms with van der Waals surface area (Å²) in [6.07, 6.45) is 4.14. The molecule has 0 unspecified atom stereocenters. The van der Waals surface area contributed by atoms with Crippen molar-refractivity contribution in [1.82, 2.24) is 30.2 Å². The molecule has 0 aromatic heterocycles. The second kappa shape index (κ2) is 22.5. The second-order valence-corrected chi connectivity index (χ2v) is 20.4. The van der Waals surface area contributed by atoms with E-state index < -0.39 is 11.3 Å². The molecule has 10 nitrogen and oxygen atoms in total. The molecule has 4 saturated heterocycles. The van der Waals surface area contributed by atoms with Crippen LogP contribution in [0.5, 0.6) is 0 Å². The summed E-state index contributed by atoms with van der Waals surface area (Å²) in [7, 11) is 0. The van der Waals surface area contributed by atoms with Crippen LogP contribution in [0.3, 0.4) is 0 Å². The Balaban J connectivity index is 0.000000169. The summed E-state index contributed by atoms with van der Waals surface area (Å²) in [4.78, 5) is 62.2. The van der Waals surface area contributed by atoms with Gasteiger partial charge in [-0.1, -0.05) is 182 Å². The minimum absolute atomic E-state index is 0. The molecule has 2 N–H and O–H groups in total. The van der Waals surface area contributed by atoms with Gasteiger partial charge in [0.1, 0.15) is 0 Å². The number of halogens is 1. The molecule has 4 amide bonds. The van der Waals surface area contributed by atoms with Gasteiger partial charge in [0.2, 0.25) is 11.8 Å². The lowest BCUT2D eigenvalue weighted by Crippen LogP contribution is -2.59. The highest BCUT2D eigenvalue weighted by Crippen LogP contribution is 2.37. The zero-order valence-electron chi connectivity index (χ0n) is 42.1. The third kappa shape index (κ3) is 11.0. The molecule has 0 aliphatic carbocycles. The minimum atomic E-state index is -0.452. The van der Waals surface area contributed by atoms with Gasteiger partial charge in [-0.3, -0.25) is 29.8 Å². The number of hydrogen-bond acceptors (Lipinski definition) is 6. The van der Waals surface area contributed by atoms with Crippen molar-refractivity contribution in [1.29, 1.82) is 0 Å². The van der Waals surface area contributed by atoms with E-state index in [0.29, 0.717) is 88.9 Å². The zero-order valence-corrected chi connectivity index (χ0v) is 42.9. The van der Waals surface area contributed by atoms with Crippen LogP contribution in [0.2, 0.25) is 0 Å². The highest BCUT2D eigenvalue weighted by atomic mass is 35.5. The predicted molar refractivity (Wildman–Crippen MR) is 299 cm³/mol. The van der Waals surface area contributed by atoms with E-state index in [1.54, 1.807) is 0 Å². The Morgan fingerprint density at radius 1 is 0.400 bits per heavy atom. The molecule has 4 aliphatic heterocycles. The maximum atomic E-state index is 13.7. The van der Waals surface area contributed by atoms with E-state index >= 15 is 0 Å². The van der Waals surface area contributed by atoms with Crippen LogP contribution in [-0.2, 0) is 35.5 Å². The first-order valence-electron chi connectivity index (χ1n) is 26.1. The molecular formula is C64H63ClN6O4. The lowest BCUT2D eigenvalue weighted by Gasteiger charge is -2.44. The molecule has 2 spiro atoms. The van der Waals surface area contributed by atoms with Crippen LogP contribution < -0.4 is 10.6 Å². The average molecular weight is 1020 g/mol. The summed E-state index contributed by atoms with van der Waals surface area (Å²) in [5.74, 6) is 0.393. The van der Waals surface area contributed by atoms with Gasteiger partial charge in [-0.25, -0.2) is 0 Å². The van der Waals surface area contributed by atoms with Crippen molar-refractivity contribution in [3.8, 4) is 0 Å². The number of piperidine rings is 2. The summed E-state index contributed by atoms with van der Waals surface area (Å²) in [6.45, 7) is 3.56.